The summed E-state index contributed by atoms with van der Waals surface area (Å²) in [7, 11) is 3.04. The third-order valence-corrected chi connectivity index (χ3v) is 10.4. The predicted molar refractivity (Wildman–Crippen MR) is 144 cm³/mol. The zero-order valence-electron chi connectivity index (χ0n) is 22.0. The number of rotatable bonds is 5. The van der Waals surface area contributed by atoms with Crippen LogP contribution in [0.5, 0.6) is 5.75 Å². The molecule has 5 rings (SSSR count). The topological polar surface area (TPSA) is 182 Å². The van der Waals surface area contributed by atoms with Crippen LogP contribution in [0.3, 0.4) is 0 Å². The van der Waals surface area contributed by atoms with Crippen LogP contribution in [0.1, 0.15) is 53.1 Å². The van der Waals surface area contributed by atoms with Gasteiger partial charge in [0, 0.05) is 28.4 Å². The lowest BCUT2D eigenvalue weighted by atomic mass is 9.55. The first-order valence-corrected chi connectivity index (χ1v) is 14.2. The Morgan fingerprint density at radius 3 is 2.38 bits per heavy atom. The first-order chi connectivity index (χ1) is 18.3. The maximum absolute atomic E-state index is 13.9. The summed E-state index contributed by atoms with van der Waals surface area (Å²) < 4.78 is 0. The second-order valence-electron chi connectivity index (χ2n) is 11.3. The first-order valence-electron chi connectivity index (χ1n) is 13.1. The van der Waals surface area contributed by atoms with Crippen LogP contribution >= 0.6 is 11.8 Å². The van der Waals surface area contributed by atoms with Gasteiger partial charge in [-0.25, -0.2) is 0 Å². The van der Waals surface area contributed by atoms with Crippen molar-refractivity contribution in [2.45, 2.75) is 61.5 Å². The van der Waals surface area contributed by atoms with Crippen LogP contribution in [0.4, 0.5) is 0 Å². The summed E-state index contributed by atoms with van der Waals surface area (Å²) in [6.45, 7) is 1.63. The van der Waals surface area contributed by atoms with Crippen molar-refractivity contribution < 1.29 is 39.9 Å². The van der Waals surface area contributed by atoms with Crippen molar-refractivity contribution in [2.24, 2.45) is 17.6 Å². The highest BCUT2D eigenvalue weighted by Crippen LogP contribution is 2.56. The fraction of sp³-hybridized carbons (Fsp3) is 0.536. The van der Waals surface area contributed by atoms with Crippen LogP contribution in [0.2, 0.25) is 0 Å². The van der Waals surface area contributed by atoms with E-state index in [1.54, 1.807) is 30.8 Å². The summed E-state index contributed by atoms with van der Waals surface area (Å²) >= 11 is 1.70. The van der Waals surface area contributed by atoms with E-state index in [0.717, 1.165) is 25.7 Å². The van der Waals surface area contributed by atoms with E-state index in [1.807, 2.05) is 0 Å². The number of aryl methyl sites for hydroxylation is 1. The number of primary amides is 1. The number of nitrogens with zero attached hydrogens (tertiary/aromatic N) is 1. The minimum absolute atomic E-state index is 0.0417. The molecule has 7 N–H and O–H groups in total. The normalized spacial score (nSPS) is 32.9. The Morgan fingerprint density at radius 2 is 1.79 bits per heavy atom. The number of nitrogens with two attached hydrogens (primary N) is 1. The molecule has 1 aromatic rings. The second-order valence-corrected chi connectivity index (χ2v) is 12.6. The van der Waals surface area contributed by atoms with Crippen LogP contribution in [-0.2, 0) is 9.59 Å². The number of benzene rings is 1. The summed E-state index contributed by atoms with van der Waals surface area (Å²) in [5, 5.41) is 57.7. The van der Waals surface area contributed by atoms with Gasteiger partial charge in [0.05, 0.1) is 23.6 Å². The fourth-order valence-electron chi connectivity index (χ4n) is 7.04. The standard InChI is InChI=1S/C28H34N2O8S/c1-11-8-9-13-14(10-39-12-6-4-5-7-12)15-17(22(32)16(13)21(11)31)25(35)28(38)19(23(15)33)20(30(2)3)24(34)18(26(28)36)27(29)37/h8-9,12,14-15,19-20,23,31,33-35,38H,4-7,10H2,1-3H3,(H2,29,37)/t14-,15+,19+,20-,23-,28-/m0/s1. The Labute approximate surface area is 230 Å². The molecular formula is C28H34N2O8S. The Balaban J connectivity index is 1.75. The number of hydrogen-bond donors (Lipinski definition) is 6. The van der Waals surface area contributed by atoms with Gasteiger partial charge >= 0.3 is 0 Å². The van der Waals surface area contributed by atoms with Crippen LogP contribution in [0.25, 0.3) is 0 Å². The van der Waals surface area contributed by atoms with E-state index in [0.29, 0.717) is 22.1 Å². The molecule has 4 aliphatic rings. The number of carbonyl (C=O) groups excluding carboxylic acids is 3. The van der Waals surface area contributed by atoms with Gasteiger partial charge in [-0.15, -0.1) is 0 Å². The van der Waals surface area contributed by atoms with Crippen LogP contribution < -0.4 is 5.73 Å². The molecule has 1 amide bonds. The van der Waals surface area contributed by atoms with Crippen molar-refractivity contribution in [3.8, 4) is 5.75 Å². The molecule has 0 heterocycles. The summed E-state index contributed by atoms with van der Waals surface area (Å²) in [4.78, 5) is 41.1. The Hall–Kier alpha value is -2.86. The van der Waals surface area contributed by atoms with Gasteiger partial charge in [0.25, 0.3) is 5.91 Å². The van der Waals surface area contributed by atoms with E-state index in [1.165, 1.54) is 19.0 Å². The van der Waals surface area contributed by atoms with Crippen molar-refractivity contribution >= 4 is 29.2 Å². The molecule has 1 saturated carbocycles. The number of aromatic hydroxyl groups is 1. The van der Waals surface area contributed by atoms with Gasteiger partial charge in [0.15, 0.2) is 11.4 Å². The minimum atomic E-state index is -2.91. The number of aliphatic hydroxyl groups excluding tert-OH is 3. The molecule has 0 aliphatic heterocycles. The van der Waals surface area contributed by atoms with Gasteiger partial charge in [-0.05, 0) is 45.0 Å². The summed E-state index contributed by atoms with van der Waals surface area (Å²) in [5.74, 6) is -8.17. The fourth-order valence-corrected chi connectivity index (χ4v) is 8.57. The third kappa shape index (κ3) is 3.85. The number of fused-ring (bicyclic) bond motifs is 3. The maximum atomic E-state index is 13.9. The molecule has 4 aliphatic carbocycles. The van der Waals surface area contributed by atoms with Gasteiger partial charge < -0.3 is 31.3 Å². The lowest BCUT2D eigenvalue weighted by molar-refractivity contribution is -0.162. The highest BCUT2D eigenvalue weighted by Gasteiger charge is 2.67. The van der Waals surface area contributed by atoms with Crippen LogP contribution in [0.15, 0.2) is 34.8 Å². The minimum Gasteiger partial charge on any atom is -0.510 e. The largest absolute Gasteiger partial charge is 0.510 e. The van der Waals surface area contributed by atoms with Crippen molar-refractivity contribution in [3.05, 3.63) is 51.5 Å². The van der Waals surface area contributed by atoms with Gasteiger partial charge in [-0.2, -0.15) is 11.8 Å². The van der Waals surface area contributed by atoms with Crippen molar-refractivity contribution in [1.29, 1.82) is 0 Å². The van der Waals surface area contributed by atoms with E-state index in [2.05, 4.69) is 0 Å². The zero-order chi connectivity index (χ0) is 28.5. The van der Waals surface area contributed by atoms with E-state index in [-0.39, 0.29) is 16.9 Å². The van der Waals surface area contributed by atoms with Gasteiger partial charge in [0.1, 0.15) is 22.8 Å². The van der Waals surface area contributed by atoms with Gasteiger partial charge in [-0.1, -0.05) is 25.0 Å². The van der Waals surface area contributed by atoms with E-state index in [9.17, 15) is 39.9 Å². The van der Waals surface area contributed by atoms with Crippen LogP contribution in [-0.4, -0.2) is 90.8 Å². The number of phenolic OH excluding ortho intramolecular Hbond substituents is 1. The summed E-state index contributed by atoms with van der Waals surface area (Å²) in [6.07, 6.45) is 2.72. The molecular weight excluding hydrogens is 524 g/mol. The highest BCUT2D eigenvalue weighted by molar-refractivity contribution is 7.99. The smallest absolute Gasteiger partial charge is 0.255 e. The van der Waals surface area contributed by atoms with Crippen molar-refractivity contribution in [3.63, 3.8) is 0 Å². The molecule has 1 aromatic carbocycles. The first kappa shape index (κ1) is 27.7. The van der Waals surface area contributed by atoms with E-state index < -0.39 is 70.1 Å². The van der Waals surface area contributed by atoms with Gasteiger partial charge in [-0.3, -0.25) is 19.3 Å². The van der Waals surface area contributed by atoms with Crippen molar-refractivity contribution in [2.75, 3.05) is 19.8 Å². The molecule has 0 spiro atoms. The SMILES string of the molecule is Cc1ccc2c(c1O)C(=O)C1=C(O)[C@]3(O)C(=O)C(C(N)=O)=C(O)[C@@H](N(C)C)[C@@H]3[C@@H](O)[C@@H]1[C@H]2CSC1CCCC1. The molecule has 10 nitrogen and oxygen atoms in total. The number of thioether (sulfide) groups is 1. The number of phenols is 1. The molecule has 210 valence electrons. The number of ketones is 2. The molecule has 0 unspecified atom stereocenters. The van der Waals surface area contributed by atoms with E-state index >= 15 is 0 Å². The quantitative estimate of drug-likeness (QED) is 0.291. The van der Waals surface area contributed by atoms with E-state index in [4.69, 9.17) is 5.73 Å². The summed E-state index contributed by atoms with van der Waals surface area (Å²) in [5.41, 5.74) is 2.10. The molecule has 0 bridgehead atoms. The Kier molecular flexibility index (Phi) is 6.85. The third-order valence-electron chi connectivity index (χ3n) is 8.95. The molecule has 0 radical (unpaired) electrons. The lowest BCUT2D eigenvalue weighted by Gasteiger charge is -2.53. The maximum Gasteiger partial charge on any atom is 0.255 e. The Morgan fingerprint density at radius 1 is 1.15 bits per heavy atom. The highest BCUT2D eigenvalue weighted by atomic mass is 32.2. The van der Waals surface area contributed by atoms with Crippen molar-refractivity contribution in [1.82, 2.24) is 4.90 Å². The number of likely N-dealkylation sites (N-methyl/N-ethyl adjacent to an activating group) is 1. The average molecular weight is 559 g/mol. The predicted octanol–water partition coefficient (Wildman–Crippen LogP) is 1.62. The summed E-state index contributed by atoms with van der Waals surface area (Å²) in [6, 6.07) is 2.15. The molecule has 1 fully saturated rings. The number of hydrogen-bond acceptors (Lipinski definition) is 10. The van der Waals surface area contributed by atoms with Crippen LogP contribution in [0, 0.1) is 18.8 Å². The number of carbonyl (C=O) groups is 3. The number of aliphatic hydroxyl groups is 4. The zero-order valence-corrected chi connectivity index (χ0v) is 22.9. The van der Waals surface area contributed by atoms with Gasteiger partial charge in [0.2, 0.25) is 5.78 Å². The number of amides is 1. The number of Topliss-reactive ketones (excluding diaryl/α,β-unsaturated/α-hetero) is 2. The molecule has 0 saturated heterocycles. The second kappa shape index (κ2) is 9.65. The lowest BCUT2D eigenvalue weighted by Crippen LogP contribution is -2.68. The Bertz CT molecular complexity index is 1330. The monoisotopic (exact) mass is 558 g/mol. The molecule has 0 aromatic heterocycles. The average Bonchev–Trinajstić information content (AvgIpc) is 3.39. The molecule has 11 heteroatoms. The molecule has 39 heavy (non-hydrogen) atoms. The molecule has 6 atom stereocenters.